The van der Waals surface area contributed by atoms with Crippen LogP contribution >= 0.6 is 0 Å². The van der Waals surface area contributed by atoms with E-state index in [2.05, 4.69) is 29.2 Å². The highest BCUT2D eigenvalue weighted by Gasteiger charge is 2.50. The second-order valence-electron chi connectivity index (χ2n) is 11.1. The van der Waals surface area contributed by atoms with Crippen LogP contribution in [-0.4, -0.2) is 85.9 Å². The number of amides is 1. The highest BCUT2D eigenvalue weighted by Crippen LogP contribution is 2.35. The average molecular weight is 557 g/mol. The first-order chi connectivity index (χ1) is 19.1. The zero-order valence-corrected chi connectivity index (χ0v) is 24.6. The van der Waals surface area contributed by atoms with Gasteiger partial charge in [0, 0.05) is 32.7 Å². The van der Waals surface area contributed by atoms with Gasteiger partial charge >= 0.3 is 12.1 Å². The quantitative estimate of drug-likeness (QED) is 0.246. The van der Waals surface area contributed by atoms with Gasteiger partial charge in [0.15, 0.2) is 0 Å². The van der Waals surface area contributed by atoms with Gasteiger partial charge in [-0.25, -0.2) is 9.59 Å². The molecule has 1 heterocycles. The van der Waals surface area contributed by atoms with Gasteiger partial charge in [-0.1, -0.05) is 60.7 Å². The molecule has 0 aromatic heterocycles. The number of esters is 1. The minimum atomic E-state index is -1.14. The number of benzene rings is 2. The fraction of sp³-hybridized carbons (Fsp3) is 0.548. The van der Waals surface area contributed by atoms with Crippen molar-refractivity contribution in [1.29, 1.82) is 0 Å². The lowest BCUT2D eigenvalue weighted by molar-refractivity contribution is -0.154. The molecule has 1 saturated heterocycles. The first kappa shape index (κ1) is 31.5. The van der Waals surface area contributed by atoms with Crippen LogP contribution < -0.4 is 0 Å². The molecule has 0 radical (unpaired) electrons. The van der Waals surface area contributed by atoms with Gasteiger partial charge in [0.25, 0.3) is 0 Å². The Morgan fingerprint density at radius 3 is 1.98 bits per heavy atom. The molecule has 1 fully saturated rings. The average Bonchev–Trinajstić information content (AvgIpc) is 3.16. The van der Waals surface area contributed by atoms with E-state index in [0.29, 0.717) is 39.5 Å². The summed E-state index contributed by atoms with van der Waals surface area (Å²) in [6.45, 7) is 10.1. The largest absolute Gasteiger partial charge is 0.466 e. The zero-order chi connectivity index (χ0) is 29.2. The summed E-state index contributed by atoms with van der Waals surface area (Å²) in [5, 5.41) is 0. The third-order valence-corrected chi connectivity index (χ3v) is 7.01. The fourth-order valence-electron chi connectivity index (χ4n) is 5.06. The van der Waals surface area contributed by atoms with Crippen LogP contribution in [0.1, 0.15) is 45.2 Å². The summed E-state index contributed by atoms with van der Waals surface area (Å²) in [4.78, 5) is 30.3. The van der Waals surface area contributed by atoms with Crippen molar-refractivity contribution in [3.63, 3.8) is 0 Å². The molecule has 0 aliphatic carbocycles. The second-order valence-corrected chi connectivity index (χ2v) is 11.1. The maximum atomic E-state index is 13.5. The minimum absolute atomic E-state index is 0.181. The highest BCUT2D eigenvalue weighted by molar-refractivity contribution is 5.79. The fourth-order valence-corrected chi connectivity index (χ4v) is 5.06. The molecule has 0 unspecified atom stereocenters. The van der Waals surface area contributed by atoms with Crippen LogP contribution in [-0.2, 0) is 41.6 Å². The van der Waals surface area contributed by atoms with Crippen molar-refractivity contribution in [3.05, 3.63) is 71.8 Å². The summed E-state index contributed by atoms with van der Waals surface area (Å²) in [6.07, 6.45) is -1.59. The molecule has 0 bridgehead atoms. The maximum Gasteiger partial charge on any atom is 0.413 e. The molecule has 1 aliphatic heterocycles. The number of hydrogen-bond donors (Lipinski definition) is 0. The molecule has 0 spiro atoms. The van der Waals surface area contributed by atoms with Crippen molar-refractivity contribution in [2.45, 2.75) is 70.6 Å². The number of hydrogen-bond acceptors (Lipinski definition) is 8. The number of carbonyl (C=O) groups excluding carboxylic acids is 2. The molecule has 9 nitrogen and oxygen atoms in total. The van der Waals surface area contributed by atoms with Gasteiger partial charge in [0.1, 0.15) is 5.72 Å². The van der Waals surface area contributed by atoms with Crippen LogP contribution in [0.5, 0.6) is 0 Å². The molecule has 40 heavy (non-hydrogen) atoms. The number of rotatable bonds is 14. The monoisotopic (exact) mass is 556 g/mol. The SMILES string of the molecule is COCCOC[C@H](C[C@@H](OC(=O)N1C(C)(C)COC1(C)C)C(=O)OC)N(Cc1ccccc1)Cc1ccccc1. The van der Waals surface area contributed by atoms with E-state index >= 15 is 0 Å². The molecule has 1 amide bonds. The van der Waals surface area contributed by atoms with Crippen molar-refractivity contribution in [2.24, 2.45) is 0 Å². The lowest BCUT2D eigenvalue weighted by Gasteiger charge is -2.38. The van der Waals surface area contributed by atoms with Crippen molar-refractivity contribution >= 4 is 12.1 Å². The molecule has 2 atom stereocenters. The third kappa shape index (κ3) is 8.76. The summed E-state index contributed by atoms with van der Waals surface area (Å²) in [5.41, 5.74) is 0.752. The molecule has 220 valence electrons. The van der Waals surface area contributed by atoms with Gasteiger partial charge in [-0.2, -0.15) is 0 Å². The van der Waals surface area contributed by atoms with E-state index in [1.165, 1.54) is 7.11 Å². The molecule has 0 saturated carbocycles. The van der Waals surface area contributed by atoms with E-state index in [9.17, 15) is 9.59 Å². The van der Waals surface area contributed by atoms with Gasteiger partial charge in [-0.3, -0.25) is 9.80 Å². The minimum Gasteiger partial charge on any atom is -0.466 e. The number of ether oxygens (including phenoxy) is 5. The zero-order valence-electron chi connectivity index (χ0n) is 24.6. The summed E-state index contributed by atoms with van der Waals surface area (Å²) in [7, 11) is 2.92. The second kappa shape index (κ2) is 14.6. The van der Waals surface area contributed by atoms with Crippen LogP contribution in [0.25, 0.3) is 0 Å². The summed E-state index contributed by atoms with van der Waals surface area (Å²) in [6, 6.07) is 19.9. The van der Waals surface area contributed by atoms with E-state index in [1.54, 1.807) is 12.0 Å². The van der Waals surface area contributed by atoms with E-state index < -0.39 is 29.4 Å². The first-order valence-corrected chi connectivity index (χ1v) is 13.7. The molecular formula is C31H44N2O7. The molecule has 1 aliphatic rings. The van der Waals surface area contributed by atoms with Crippen LogP contribution in [0.3, 0.4) is 0 Å². The lowest BCUT2D eigenvalue weighted by atomic mass is 10.0. The van der Waals surface area contributed by atoms with E-state index in [1.807, 2.05) is 64.1 Å². The van der Waals surface area contributed by atoms with Crippen molar-refractivity contribution < 1.29 is 33.3 Å². The van der Waals surface area contributed by atoms with Gasteiger partial charge in [0.05, 0.1) is 39.1 Å². The Morgan fingerprint density at radius 1 is 0.925 bits per heavy atom. The highest BCUT2D eigenvalue weighted by atomic mass is 16.6. The summed E-state index contributed by atoms with van der Waals surface area (Å²) in [5.74, 6) is -0.620. The standard InChI is InChI=1S/C31H44N2O7/c1-30(2)23-39-31(3,4)33(30)29(35)40-27(28(34)37-6)19-26(22-38-18-17-36-5)32(20-24-13-9-7-10-14-24)21-25-15-11-8-12-16-25/h7-16,26-27H,17-23H2,1-6H3/t26-,27+/m0/s1. The Balaban J connectivity index is 1.89. The smallest absolute Gasteiger partial charge is 0.413 e. The van der Waals surface area contributed by atoms with Crippen molar-refractivity contribution in [2.75, 3.05) is 40.6 Å². The van der Waals surface area contributed by atoms with Crippen LogP contribution in [0.2, 0.25) is 0 Å². The number of carbonyl (C=O) groups is 2. The summed E-state index contributed by atoms with van der Waals surface area (Å²) >= 11 is 0. The van der Waals surface area contributed by atoms with Gasteiger partial charge in [-0.15, -0.1) is 0 Å². The molecule has 9 heteroatoms. The molecule has 2 aromatic carbocycles. The predicted octanol–water partition coefficient (Wildman–Crippen LogP) is 4.64. The lowest BCUT2D eigenvalue weighted by Crippen LogP contribution is -2.54. The Morgan fingerprint density at radius 2 is 1.50 bits per heavy atom. The van der Waals surface area contributed by atoms with Crippen LogP contribution in [0, 0.1) is 0 Å². The van der Waals surface area contributed by atoms with Crippen molar-refractivity contribution in [1.82, 2.24) is 9.80 Å². The van der Waals surface area contributed by atoms with Gasteiger partial charge in [0.2, 0.25) is 6.10 Å². The van der Waals surface area contributed by atoms with E-state index in [0.717, 1.165) is 11.1 Å². The summed E-state index contributed by atoms with van der Waals surface area (Å²) < 4.78 is 28.0. The molecule has 0 N–H and O–H groups in total. The van der Waals surface area contributed by atoms with Gasteiger partial charge < -0.3 is 23.7 Å². The van der Waals surface area contributed by atoms with Crippen LogP contribution in [0.4, 0.5) is 4.79 Å². The molecule has 3 rings (SSSR count). The number of methoxy groups -OCH3 is 2. The topological polar surface area (TPSA) is 86.8 Å². The maximum absolute atomic E-state index is 13.5. The Labute approximate surface area is 238 Å². The normalized spacial score (nSPS) is 17.4. The van der Waals surface area contributed by atoms with E-state index in [4.69, 9.17) is 23.7 Å². The van der Waals surface area contributed by atoms with Crippen LogP contribution in [0.15, 0.2) is 60.7 Å². The Hall–Kier alpha value is -2.98. The van der Waals surface area contributed by atoms with Gasteiger partial charge in [-0.05, 0) is 38.8 Å². The Kier molecular flexibility index (Phi) is 11.5. The predicted molar refractivity (Wildman–Crippen MR) is 151 cm³/mol. The molecular weight excluding hydrogens is 512 g/mol. The number of nitrogens with zero attached hydrogens (tertiary/aromatic N) is 2. The van der Waals surface area contributed by atoms with Crippen molar-refractivity contribution in [3.8, 4) is 0 Å². The third-order valence-electron chi connectivity index (χ3n) is 7.01. The Bertz CT molecular complexity index is 1000. The first-order valence-electron chi connectivity index (χ1n) is 13.7. The molecule has 2 aromatic rings. The van der Waals surface area contributed by atoms with E-state index in [-0.39, 0.29) is 12.5 Å².